The Kier molecular flexibility index (Phi) is 3.97. The van der Waals surface area contributed by atoms with E-state index in [-0.39, 0.29) is 5.91 Å². The van der Waals surface area contributed by atoms with Gasteiger partial charge in [0.25, 0.3) is 0 Å². The number of likely N-dealkylation sites (N-methyl/N-ethyl adjacent to an activating group) is 2. The van der Waals surface area contributed by atoms with Crippen molar-refractivity contribution in [3.05, 3.63) is 36.0 Å². The third-order valence-corrected chi connectivity index (χ3v) is 3.25. The molecule has 0 aliphatic rings. The van der Waals surface area contributed by atoms with Gasteiger partial charge < -0.3 is 10.3 Å². The van der Waals surface area contributed by atoms with Gasteiger partial charge in [-0.1, -0.05) is 18.2 Å². The van der Waals surface area contributed by atoms with Gasteiger partial charge in [0.1, 0.15) is 0 Å². The van der Waals surface area contributed by atoms with E-state index in [1.807, 2.05) is 30.5 Å². The number of carbonyl (C=O) groups is 2. The number of carbonyl (C=O) groups excluding carboxylic acids is 2. The zero-order chi connectivity index (χ0) is 13.8. The van der Waals surface area contributed by atoms with Crippen molar-refractivity contribution < 1.29 is 9.59 Å². The monoisotopic (exact) mass is 259 g/mol. The molecule has 5 heteroatoms. The molecule has 0 bridgehead atoms. The van der Waals surface area contributed by atoms with Gasteiger partial charge in [-0.15, -0.1) is 0 Å². The van der Waals surface area contributed by atoms with Crippen LogP contribution in [0.1, 0.15) is 5.56 Å². The summed E-state index contributed by atoms with van der Waals surface area (Å²) in [5, 5.41) is 4.06. The van der Waals surface area contributed by atoms with Gasteiger partial charge in [-0.3, -0.25) is 14.5 Å². The number of rotatable bonds is 5. The predicted molar refractivity (Wildman–Crippen MR) is 73.7 cm³/mol. The Labute approximate surface area is 111 Å². The molecule has 0 saturated carbocycles. The van der Waals surface area contributed by atoms with Gasteiger partial charge in [0.2, 0.25) is 12.3 Å². The van der Waals surface area contributed by atoms with Crippen LogP contribution in [0.3, 0.4) is 0 Å². The van der Waals surface area contributed by atoms with E-state index in [0.29, 0.717) is 12.8 Å². The first-order chi connectivity index (χ1) is 9.17. The van der Waals surface area contributed by atoms with E-state index in [1.165, 1.54) is 7.05 Å². The molecular weight excluding hydrogens is 242 g/mol. The number of para-hydroxylation sites is 1. The Morgan fingerprint density at radius 3 is 2.89 bits per heavy atom. The van der Waals surface area contributed by atoms with E-state index < -0.39 is 6.04 Å². The van der Waals surface area contributed by atoms with Crippen LogP contribution in [-0.2, 0) is 16.0 Å². The van der Waals surface area contributed by atoms with Crippen molar-refractivity contribution in [1.29, 1.82) is 0 Å². The number of nitrogens with one attached hydrogen (secondary N) is 2. The van der Waals surface area contributed by atoms with E-state index in [0.717, 1.165) is 21.4 Å². The molecule has 0 radical (unpaired) electrons. The largest absolute Gasteiger partial charge is 0.361 e. The van der Waals surface area contributed by atoms with Gasteiger partial charge in [0.15, 0.2) is 0 Å². The lowest BCUT2D eigenvalue weighted by atomic mass is 10.0. The minimum atomic E-state index is -0.408. The van der Waals surface area contributed by atoms with Crippen molar-refractivity contribution in [1.82, 2.24) is 15.2 Å². The zero-order valence-corrected chi connectivity index (χ0v) is 11.0. The Bertz CT molecular complexity index is 591. The molecule has 2 amide bonds. The summed E-state index contributed by atoms with van der Waals surface area (Å²) in [6.07, 6.45) is 2.97. The van der Waals surface area contributed by atoms with Gasteiger partial charge in [0, 0.05) is 24.1 Å². The van der Waals surface area contributed by atoms with Gasteiger partial charge in [-0.25, -0.2) is 0 Å². The van der Waals surface area contributed by atoms with Crippen molar-refractivity contribution in [3.63, 3.8) is 0 Å². The lowest BCUT2D eigenvalue weighted by Crippen LogP contribution is -2.44. The molecule has 0 spiro atoms. The second-order valence-corrected chi connectivity index (χ2v) is 4.46. The van der Waals surface area contributed by atoms with Crippen LogP contribution >= 0.6 is 0 Å². The van der Waals surface area contributed by atoms with E-state index in [9.17, 15) is 9.59 Å². The minimum absolute atomic E-state index is 0.234. The minimum Gasteiger partial charge on any atom is -0.361 e. The van der Waals surface area contributed by atoms with Crippen molar-refractivity contribution in [2.75, 3.05) is 14.1 Å². The maximum Gasteiger partial charge on any atom is 0.246 e. The molecule has 0 aliphatic carbocycles. The van der Waals surface area contributed by atoms with Crippen LogP contribution in [-0.4, -0.2) is 42.3 Å². The smallest absolute Gasteiger partial charge is 0.246 e. The Morgan fingerprint density at radius 2 is 2.21 bits per heavy atom. The van der Waals surface area contributed by atoms with Crippen molar-refractivity contribution in [3.8, 4) is 0 Å². The molecule has 1 heterocycles. The van der Waals surface area contributed by atoms with Crippen molar-refractivity contribution in [2.24, 2.45) is 0 Å². The SMILES string of the molecule is CNC(Cc1c[nH]c2ccccc12)C(=O)N(C)C=O. The summed E-state index contributed by atoms with van der Waals surface area (Å²) in [5.41, 5.74) is 2.10. The molecule has 1 atom stereocenters. The fraction of sp³-hybridized carbons (Fsp3) is 0.286. The summed E-state index contributed by atoms with van der Waals surface area (Å²) in [6.45, 7) is 0. The van der Waals surface area contributed by atoms with Gasteiger partial charge >= 0.3 is 0 Å². The highest BCUT2D eigenvalue weighted by molar-refractivity contribution is 5.91. The van der Waals surface area contributed by atoms with Crippen molar-refractivity contribution in [2.45, 2.75) is 12.5 Å². The summed E-state index contributed by atoms with van der Waals surface area (Å²) >= 11 is 0. The highest BCUT2D eigenvalue weighted by Crippen LogP contribution is 2.19. The van der Waals surface area contributed by atoms with E-state index in [4.69, 9.17) is 0 Å². The highest BCUT2D eigenvalue weighted by atomic mass is 16.2. The fourth-order valence-corrected chi connectivity index (χ4v) is 2.13. The first-order valence-electron chi connectivity index (χ1n) is 6.11. The summed E-state index contributed by atoms with van der Waals surface area (Å²) in [4.78, 5) is 26.9. The van der Waals surface area contributed by atoms with Crippen LogP contribution in [0, 0.1) is 0 Å². The third kappa shape index (κ3) is 2.66. The Hall–Kier alpha value is -2.14. The van der Waals surface area contributed by atoms with E-state index >= 15 is 0 Å². The lowest BCUT2D eigenvalue weighted by molar-refractivity contribution is -0.138. The molecule has 2 rings (SSSR count). The van der Waals surface area contributed by atoms with Crippen LogP contribution in [0.2, 0.25) is 0 Å². The average molecular weight is 259 g/mol. The summed E-state index contributed by atoms with van der Waals surface area (Å²) in [7, 11) is 3.19. The van der Waals surface area contributed by atoms with Gasteiger partial charge in [-0.05, 0) is 25.1 Å². The lowest BCUT2D eigenvalue weighted by Gasteiger charge is -2.18. The van der Waals surface area contributed by atoms with Crippen LogP contribution < -0.4 is 5.32 Å². The van der Waals surface area contributed by atoms with E-state index in [1.54, 1.807) is 7.05 Å². The number of benzene rings is 1. The van der Waals surface area contributed by atoms with E-state index in [2.05, 4.69) is 10.3 Å². The Balaban J connectivity index is 2.23. The van der Waals surface area contributed by atoms with Gasteiger partial charge in [0.05, 0.1) is 6.04 Å². The normalized spacial score (nSPS) is 12.3. The number of aromatic amines is 1. The number of hydrogen-bond donors (Lipinski definition) is 2. The Morgan fingerprint density at radius 1 is 1.47 bits per heavy atom. The molecule has 0 fully saturated rings. The number of hydrogen-bond acceptors (Lipinski definition) is 3. The molecule has 0 saturated heterocycles. The van der Waals surface area contributed by atoms with Crippen LogP contribution in [0.4, 0.5) is 0 Å². The van der Waals surface area contributed by atoms with Crippen LogP contribution in [0.5, 0.6) is 0 Å². The summed E-state index contributed by atoms with van der Waals surface area (Å²) in [5.74, 6) is -0.234. The average Bonchev–Trinajstić information content (AvgIpc) is 2.86. The molecule has 5 nitrogen and oxygen atoms in total. The van der Waals surface area contributed by atoms with Crippen LogP contribution in [0.25, 0.3) is 10.9 Å². The highest BCUT2D eigenvalue weighted by Gasteiger charge is 2.21. The number of aromatic nitrogens is 1. The number of nitrogens with zero attached hydrogens (tertiary/aromatic N) is 1. The number of H-pyrrole nitrogens is 1. The maximum atomic E-state index is 12.0. The molecule has 2 aromatic rings. The number of fused-ring (bicyclic) bond motifs is 1. The van der Waals surface area contributed by atoms with Crippen molar-refractivity contribution >= 4 is 23.2 Å². The second-order valence-electron chi connectivity index (χ2n) is 4.46. The molecule has 1 aromatic carbocycles. The standard InChI is InChI=1S/C14H17N3O2/c1-15-13(14(19)17(2)9-18)7-10-8-16-12-6-4-3-5-11(10)12/h3-6,8-9,13,15-16H,7H2,1-2H3. The molecule has 1 aromatic heterocycles. The van der Waals surface area contributed by atoms with Crippen LogP contribution in [0.15, 0.2) is 30.5 Å². The molecule has 0 aliphatic heterocycles. The molecule has 19 heavy (non-hydrogen) atoms. The number of amides is 2. The third-order valence-electron chi connectivity index (χ3n) is 3.25. The van der Waals surface area contributed by atoms with Gasteiger partial charge in [-0.2, -0.15) is 0 Å². The zero-order valence-electron chi connectivity index (χ0n) is 11.0. The first-order valence-corrected chi connectivity index (χ1v) is 6.11. The molecular formula is C14H17N3O2. The predicted octanol–water partition coefficient (Wildman–Crippen LogP) is 0.913. The summed E-state index contributed by atoms with van der Waals surface area (Å²) < 4.78 is 0. The quantitative estimate of drug-likeness (QED) is 0.785. The second kappa shape index (κ2) is 5.67. The number of imide groups is 1. The molecule has 1 unspecified atom stereocenters. The molecule has 2 N–H and O–H groups in total. The first kappa shape index (κ1) is 13.3. The molecule has 100 valence electrons. The fourth-order valence-electron chi connectivity index (χ4n) is 2.13. The topological polar surface area (TPSA) is 65.2 Å². The summed E-state index contributed by atoms with van der Waals surface area (Å²) in [6, 6.07) is 7.53. The maximum absolute atomic E-state index is 12.0.